The van der Waals surface area contributed by atoms with Crippen molar-refractivity contribution >= 4 is 41.2 Å². The van der Waals surface area contributed by atoms with Crippen molar-refractivity contribution in [2.45, 2.75) is 66.1 Å². The van der Waals surface area contributed by atoms with Gasteiger partial charge in [0.25, 0.3) is 5.91 Å². The number of urea groups is 1. The topological polar surface area (TPSA) is 304 Å². The maximum Gasteiger partial charge on any atom is 0.490 e. The zero-order valence-corrected chi connectivity index (χ0v) is 29.5. The maximum absolute atomic E-state index is 12.2. The van der Waals surface area contributed by atoms with E-state index in [0.717, 1.165) is 10.9 Å². The molecule has 0 bridgehead atoms. The molecule has 1 fully saturated rings. The number of hydrogen-bond acceptors (Lipinski definition) is 14. The van der Waals surface area contributed by atoms with Crippen LogP contribution in [0.1, 0.15) is 58.3 Å². The van der Waals surface area contributed by atoms with Gasteiger partial charge in [-0.05, 0) is 39.3 Å². The molecule has 22 nitrogen and oxygen atoms in total. The van der Waals surface area contributed by atoms with Crippen molar-refractivity contribution in [1.82, 2.24) is 30.2 Å². The molecule has 2 aliphatic rings. The maximum atomic E-state index is 12.2. The molecule has 3 rings (SSSR count). The van der Waals surface area contributed by atoms with Crippen LogP contribution in [0.4, 0.5) is 10.6 Å². The Hall–Kier alpha value is -1.84. The summed E-state index contributed by atoms with van der Waals surface area (Å²) in [5, 5.41) is 22.7. The Morgan fingerprint density at radius 2 is 1.34 bits per heavy atom. The number of phosphoric ester groups is 1. The van der Waals surface area contributed by atoms with Crippen LogP contribution >= 0.6 is 23.5 Å². The Balaban J connectivity index is 0.000000658. The number of imidazole rings is 1. The number of phosphoric acid groups is 3. The summed E-state index contributed by atoms with van der Waals surface area (Å²) >= 11 is 0. The molecule has 25 heteroatoms. The molecule has 9 N–H and O–H groups in total. The zero-order chi connectivity index (χ0) is 36.2. The zero-order valence-electron chi connectivity index (χ0n) is 26.8. The van der Waals surface area contributed by atoms with Gasteiger partial charge in [-0.2, -0.15) is 8.62 Å². The van der Waals surface area contributed by atoms with E-state index in [9.17, 15) is 38.4 Å². The SMILES string of the molecule is CCN(CC)CC.CCN(CC)CC.O=C1NNC(=O)c2c(ncn2[C@H]2O[C@@H](COP(=O)(O)OP(=O)(O)OP(=O)(O)O)[C@H](O)[C@@H]2O)N1. The fourth-order valence-corrected chi connectivity index (χ4v) is 7.12. The van der Waals surface area contributed by atoms with Crippen LogP contribution in [0.15, 0.2) is 6.33 Å². The molecule has 0 spiro atoms. The van der Waals surface area contributed by atoms with E-state index in [0.29, 0.717) is 0 Å². The Labute approximate surface area is 271 Å². The largest absolute Gasteiger partial charge is 0.490 e. The smallest absolute Gasteiger partial charge is 0.387 e. The van der Waals surface area contributed by atoms with Crippen LogP contribution in [0.3, 0.4) is 0 Å². The van der Waals surface area contributed by atoms with Crippen LogP contribution in [0.25, 0.3) is 0 Å². The monoisotopic (exact) mass is 741 g/mol. The molecule has 0 aliphatic carbocycles. The van der Waals surface area contributed by atoms with Gasteiger partial charge in [-0.25, -0.2) is 28.9 Å². The number of fused-ring (bicyclic) bond motifs is 1. The van der Waals surface area contributed by atoms with Gasteiger partial charge in [-0.15, -0.1) is 0 Å². The lowest BCUT2D eigenvalue weighted by molar-refractivity contribution is -0.0526. The number of hydrogen-bond donors (Lipinski definition) is 9. The number of carbonyl (C=O) groups excluding carboxylic acids is 2. The summed E-state index contributed by atoms with van der Waals surface area (Å²) in [6.45, 7) is 19.2. The summed E-state index contributed by atoms with van der Waals surface area (Å²) in [5.74, 6) is -1.09. The van der Waals surface area contributed by atoms with E-state index in [-0.39, 0.29) is 11.5 Å². The van der Waals surface area contributed by atoms with E-state index >= 15 is 0 Å². The molecule has 274 valence electrons. The first-order valence-corrected chi connectivity index (χ1v) is 19.0. The van der Waals surface area contributed by atoms with E-state index in [1.807, 2.05) is 10.9 Å². The standard InChI is InChI=1S/C10H16N5O15P3.2C6H15N/c16-5-3(1-27-32(23,24)30-33(25,26)29-31(20,21)22)28-9(6(5)17)15-2-11-7-4(15)8(18)13-14-10(19)12-7;2*1-4-7(5-2)6-3/h2-3,5-6,9,16-17H,1H2,(H,13,18)(H,23,24)(H,25,26)(H2,12,14,19)(H2,20,21,22);2*4-6H2,1-3H3/t3-,5-,6-,9-;;/m0../s1. The highest BCUT2D eigenvalue weighted by Gasteiger charge is 2.47. The molecule has 0 saturated carbocycles. The number of aliphatic hydroxyl groups is 2. The van der Waals surface area contributed by atoms with Gasteiger partial charge in [0.05, 0.1) is 12.9 Å². The molecule has 2 aliphatic heterocycles. The highest BCUT2D eigenvalue weighted by molar-refractivity contribution is 7.66. The second-order valence-electron chi connectivity index (χ2n) is 9.55. The fourth-order valence-electron chi connectivity index (χ4n) is 4.09. The summed E-state index contributed by atoms with van der Waals surface area (Å²) in [6, 6.07) is -0.825. The molecule has 6 atom stereocenters. The third-order valence-electron chi connectivity index (χ3n) is 6.64. The first-order valence-electron chi connectivity index (χ1n) is 14.5. The van der Waals surface area contributed by atoms with E-state index in [2.05, 4.69) is 74.8 Å². The average molecular weight is 742 g/mol. The second kappa shape index (κ2) is 19.4. The average Bonchev–Trinajstić information content (AvgIpc) is 3.46. The molecule has 47 heavy (non-hydrogen) atoms. The molecule has 1 aromatic rings. The number of anilines is 1. The Bertz CT molecular complexity index is 1270. The minimum atomic E-state index is -5.76. The van der Waals surface area contributed by atoms with E-state index in [1.165, 1.54) is 39.3 Å². The molecule has 0 radical (unpaired) electrons. The van der Waals surface area contributed by atoms with Gasteiger partial charge in [0.15, 0.2) is 17.7 Å². The van der Waals surface area contributed by atoms with Crippen molar-refractivity contribution in [2.75, 3.05) is 51.2 Å². The second-order valence-corrected chi connectivity index (χ2v) is 14.0. The lowest BCUT2D eigenvalue weighted by atomic mass is 10.1. The van der Waals surface area contributed by atoms with Crippen LogP contribution < -0.4 is 16.2 Å². The van der Waals surface area contributed by atoms with Gasteiger partial charge in [0.1, 0.15) is 18.3 Å². The number of amides is 3. The van der Waals surface area contributed by atoms with Crippen molar-refractivity contribution < 1.29 is 71.0 Å². The van der Waals surface area contributed by atoms with Crippen LogP contribution in [0, 0.1) is 0 Å². The lowest BCUT2D eigenvalue weighted by Gasteiger charge is -2.19. The number of aliphatic hydroxyl groups excluding tert-OH is 2. The molecule has 0 aromatic carbocycles. The fraction of sp³-hybridized carbons (Fsp3) is 0.773. The summed E-state index contributed by atoms with van der Waals surface area (Å²) in [5.41, 5.74) is 3.73. The third kappa shape index (κ3) is 14.3. The number of aromatic nitrogens is 2. The quantitative estimate of drug-likeness (QED) is 0.116. The minimum Gasteiger partial charge on any atom is -0.387 e. The van der Waals surface area contributed by atoms with Crippen molar-refractivity contribution in [1.29, 1.82) is 0 Å². The van der Waals surface area contributed by atoms with Crippen molar-refractivity contribution in [3.63, 3.8) is 0 Å². The van der Waals surface area contributed by atoms with Crippen LogP contribution in [-0.2, 0) is 31.6 Å². The molecular formula is C22H46N7O15P3. The predicted octanol–water partition coefficient (Wildman–Crippen LogP) is 0.322. The van der Waals surface area contributed by atoms with Gasteiger partial charge in [0.2, 0.25) is 0 Å². The first kappa shape index (κ1) is 43.2. The van der Waals surface area contributed by atoms with Crippen molar-refractivity contribution in [2.24, 2.45) is 0 Å². The van der Waals surface area contributed by atoms with Gasteiger partial charge < -0.3 is 44.3 Å². The Morgan fingerprint density at radius 3 is 1.79 bits per heavy atom. The Morgan fingerprint density at radius 1 is 0.830 bits per heavy atom. The van der Waals surface area contributed by atoms with Gasteiger partial charge >= 0.3 is 29.5 Å². The van der Waals surface area contributed by atoms with E-state index in [4.69, 9.17) is 19.4 Å². The molecule has 3 amide bonds. The highest BCUT2D eigenvalue weighted by Crippen LogP contribution is 2.66. The summed E-state index contributed by atoms with van der Waals surface area (Å²) in [6.07, 6.45) is -5.69. The van der Waals surface area contributed by atoms with Crippen molar-refractivity contribution in [3.8, 4) is 0 Å². The van der Waals surface area contributed by atoms with Crippen LogP contribution in [0.5, 0.6) is 0 Å². The number of nitrogens with zero attached hydrogens (tertiary/aromatic N) is 4. The Kier molecular flexibility index (Phi) is 17.8. The first-order chi connectivity index (χ1) is 21.8. The summed E-state index contributed by atoms with van der Waals surface area (Å²) in [4.78, 5) is 67.8. The molecule has 3 heterocycles. The van der Waals surface area contributed by atoms with Gasteiger partial charge in [0, 0.05) is 0 Å². The molecular weight excluding hydrogens is 695 g/mol. The number of nitrogens with one attached hydrogen (secondary N) is 3. The number of rotatable bonds is 14. The van der Waals surface area contributed by atoms with E-state index in [1.54, 1.807) is 0 Å². The van der Waals surface area contributed by atoms with Gasteiger partial charge in [-0.1, -0.05) is 41.5 Å². The molecule has 2 unspecified atom stereocenters. The lowest BCUT2D eigenvalue weighted by Crippen LogP contribution is -2.41. The third-order valence-corrected chi connectivity index (χ3v) is 10.4. The van der Waals surface area contributed by atoms with E-state index < -0.39 is 66.6 Å². The number of carbonyl (C=O) groups is 2. The minimum absolute atomic E-state index is 0.218. The normalized spacial score (nSPS) is 23.5. The number of ether oxygens (including phenoxy) is 1. The molecule has 1 saturated heterocycles. The van der Waals surface area contributed by atoms with Gasteiger partial charge in [-0.3, -0.25) is 24.6 Å². The summed E-state index contributed by atoms with van der Waals surface area (Å²) in [7, 11) is -16.9. The van der Waals surface area contributed by atoms with Crippen molar-refractivity contribution in [3.05, 3.63) is 12.0 Å². The molecule has 1 aromatic heterocycles. The number of hydrazine groups is 1. The highest BCUT2D eigenvalue weighted by atomic mass is 31.3. The van der Waals surface area contributed by atoms with Crippen LogP contribution in [-0.4, -0.2) is 125 Å². The van der Waals surface area contributed by atoms with Crippen LogP contribution in [0.2, 0.25) is 0 Å². The predicted molar refractivity (Wildman–Crippen MR) is 165 cm³/mol. The summed E-state index contributed by atoms with van der Waals surface area (Å²) < 4.78 is 51.5.